The summed E-state index contributed by atoms with van der Waals surface area (Å²) >= 11 is 0. The third-order valence-corrected chi connectivity index (χ3v) is 8.44. The van der Waals surface area contributed by atoms with Crippen molar-refractivity contribution in [3.05, 3.63) is 60.1 Å². The smallest absolute Gasteiger partial charge is 0.246 e. The van der Waals surface area contributed by atoms with E-state index < -0.39 is 16.2 Å². The van der Waals surface area contributed by atoms with Gasteiger partial charge >= 0.3 is 0 Å². The van der Waals surface area contributed by atoms with Gasteiger partial charge in [-0.3, -0.25) is 4.68 Å². The van der Waals surface area contributed by atoms with Gasteiger partial charge in [0.05, 0.1) is 29.6 Å². The number of hydrogen-bond acceptors (Lipinski definition) is 4. The number of aromatic nitrogens is 4. The maximum Gasteiger partial charge on any atom is 0.246 e. The number of allylic oxidation sites excluding steroid dienone is 4. The summed E-state index contributed by atoms with van der Waals surface area (Å²) in [5.74, 6) is -0.132. The van der Waals surface area contributed by atoms with E-state index in [1.807, 2.05) is 31.5 Å². The van der Waals surface area contributed by atoms with Crippen molar-refractivity contribution in [3.63, 3.8) is 0 Å². The van der Waals surface area contributed by atoms with Gasteiger partial charge in [-0.25, -0.2) is 17.5 Å². The summed E-state index contributed by atoms with van der Waals surface area (Å²) in [5.41, 5.74) is 3.93. The van der Waals surface area contributed by atoms with Gasteiger partial charge in [-0.05, 0) is 47.8 Å². The van der Waals surface area contributed by atoms with Crippen LogP contribution in [-0.4, -0.2) is 45.0 Å². The number of fused-ring (bicyclic) bond motifs is 2. The SMILES string of the molecule is CC(C)C1c2cc3cnn(C4=CC(C)C(F)C=C4)c3cc2CCN1S(=O)(=O)c1cnn(C)c1. The molecule has 0 N–H and O–H groups in total. The van der Waals surface area contributed by atoms with Gasteiger partial charge < -0.3 is 0 Å². The second-order valence-corrected chi connectivity index (χ2v) is 11.2. The number of aryl methyl sites for hydroxylation is 1. The first kappa shape index (κ1) is 22.0. The predicted octanol–water partition coefficient (Wildman–Crippen LogP) is 4.10. The van der Waals surface area contributed by atoms with Crippen LogP contribution in [0.3, 0.4) is 0 Å². The van der Waals surface area contributed by atoms with Crippen LogP contribution in [0.1, 0.15) is 37.9 Å². The lowest BCUT2D eigenvalue weighted by Gasteiger charge is -2.38. The van der Waals surface area contributed by atoms with Crippen LogP contribution in [0.4, 0.5) is 4.39 Å². The number of alkyl halides is 1. The van der Waals surface area contributed by atoms with Crippen LogP contribution in [0.25, 0.3) is 16.6 Å². The van der Waals surface area contributed by atoms with Crippen molar-refractivity contribution >= 4 is 26.6 Å². The zero-order valence-corrected chi connectivity index (χ0v) is 20.0. The van der Waals surface area contributed by atoms with Crippen molar-refractivity contribution in [3.8, 4) is 0 Å². The molecule has 3 unspecified atom stereocenters. The molecule has 0 fully saturated rings. The fraction of sp³-hybridized carbons (Fsp3) is 0.417. The zero-order chi connectivity index (χ0) is 23.5. The van der Waals surface area contributed by atoms with Gasteiger partial charge in [-0.2, -0.15) is 14.5 Å². The fourth-order valence-corrected chi connectivity index (χ4v) is 6.63. The minimum atomic E-state index is -3.68. The Labute approximate surface area is 193 Å². The van der Waals surface area contributed by atoms with Gasteiger partial charge in [-0.1, -0.05) is 26.8 Å². The molecular weight excluding hydrogens is 441 g/mol. The van der Waals surface area contributed by atoms with Crippen molar-refractivity contribution in [1.82, 2.24) is 23.9 Å². The quantitative estimate of drug-likeness (QED) is 0.577. The lowest BCUT2D eigenvalue weighted by atomic mass is 9.87. The number of sulfonamides is 1. The highest BCUT2D eigenvalue weighted by Gasteiger charge is 2.39. The van der Waals surface area contributed by atoms with E-state index in [1.165, 1.54) is 10.9 Å². The molecule has 1 aliphatic carbocycles. The van der Waals surface area contributed by atoms with E-state index in [4.69, 9.17) is 0 Å². The Hall–Kier alpha value is -2.78. The maximum atomic E-state index is 13.9. The molecule has 0 saturated carbocycles. The highest BCUT2D eigenvalue weighted by molar-refractivity contribution is 7.89. The average Bonchev–Trinajstić information content (AvgIpc) is 3.39. The molecule has 3 atom stereocenters. The van der Waals surface area contributed by atoms with Crippen LogP contribution < -0.4 is 0 Å². The van der Waals surface area contributed by atoms with Gasteiger partial charge in [0.2, 0.25) is 10.0 Å². The van der Waals surface area contributed by atoms with Crippen LogP contribution >= 0.6 is 0 Å². The van der Waals surface area contributed by atoms with Gasteiger partial charge in [0.25, 0.3) is 0 Å². The zero-order valence-electron chi connectivity index (χ0n) is 19.2. The molecular formula is C24H28FN5O2S. The molecule has 2 aliphatic rings. The monoisotopic (exact) mass is 469 g/mol. The molecule has 9 heteroatoms. The normalized spacial score (nSPS) is 23.8. The Morgan fingerprint density at radius 2 is 1.97 bits per heavy atom. The Morgan fingerprint density at radius 3 is 2.64 bits per heavy atom. The van der Waals surface area contributed by atoms with Crippen molar-refractivity contribution < 1.29 is 12.8 Å². The summed E-state index contributed by atoms with van der Waals surface area (Å²) in [4.78, 5) is 0.212. The van der Waals surface area contributed by atoms with Gasteiger partial charge in [0.15, 0.2) is 0 Å². The maximum absolute atomic E-state index is 13.9. The van der Waals surface area contributed by atoms with Crippen LogP contribution in [-0.2, 0) is 23.5 Å². The van der Waals surface area contributed by atoms with E-state index in [-0.39, 0.29) is 22.8 Å². The van der Waals surface area contributed by atoms with E-state index in [1.54, 1.807) is 35.9 Å². The highest BCUT2D eigenvalue weighted by Crippen LogP contribution is 2.40. The van der Waals surface area contributed by atoms with E-state index in [9.17, 15) is 12.8 Å². The summed E-state index contributed by atoms with van der Waals surface area (Å²) in [6.07, 6.45) is 9.61. The summed E-state index contributed by atoms with van der Waals surface area (Å²) in [7, 11) is -1.97. The van der Waals surface area contributed by atoms with Crippen LogP contribution in [0.15, 0.2) is 53.8 Å². The first-order chi connectivity index (χ1) is 15.7. The van der Waals surface area contributed by atoms with Gasteiger partial charge in [0, 0.05) is 31.1 Å². The summed E-state index contributed by atoms with van der Waals surface area (Å²) in [6, 6.07) is 3.90. The molecule has 1 aliphatic heterocycles. The Balaban J connectivity index is 1.58. The van der Waals surface area contributed by atoms with Gasteiger partial charge in [-0.15, -0.1) is 0 Å². The topological polar surface area (TPSA) is 73.0 Å². The molecule has 0 spiro atoms. The Kier molecular flexibility index (Phi) is 5.29. The number of rotatable bonds is 4. The molecule has 33 heavy (non-hydrogen) atoms. The lowest BCUT2D eigenvalue weighted by Crippen LogP contribution is -2.42. The summed E-state index contributed by atoms with van der Waals surface area (Å²) in [6.45, 7) is 6.35. The van der Waals surface area contributed by atoms with E-state index in [2.05, 4.69) is 22.3 Å². The van der Waals surface area contributed by atoms with Crippen molar-refractivity contribution in [2.24, 2.45) is 18.9 Å². The van der Waals surface area contributed by atoms with E-state index in [0.29, 0.717) is 13.0 Å². The second kappa shape index (κ2) is 7.92. The van der Waals surface area contributed by atoms with Crippen molar-refractivity contribution in [2.45, 2.75) is 44.3 Å². The number of halogens is 1. The third kappa shape index (κ3) is 3.63. The molecule has 0 amide bonds. The molecule has 174 valence electrons. The van der Waals surface area contributed by atoms with Crippen molar-refractivity contribution in [1.29, 1.82) is 0 Å². The summed E-state index contributed by atoms with van der Waals surface area (Å²) in [5, 5.41) is 9.56. The molecule has 3 heterocycles. The molecule has 0 radical (unpaired) electrons. The molecule has 0 saturated heterocycles. The first-order valence-corrected chi connectivity index (χ1v) is 12.7. The third-order valence-electron chi connectivity index (χ3n) is 6.61. The summed E-state index contributed by atoms with van der Waals surface area (Å²) < 4.78 is 45.8. The van der Waals surface area contributed by atoms with Gasteiger partial charge in [0.1, 0.15) is 11.1 Å². The van der Waals surface area contributed by atoms with Crippen LogP contribution in [0.2, 0.25) is 0 Å². The number of nitrogens with zero attached hydrogens (tertiary/aromatic N) is 5. The van der Waals surface area contributed by atoms with Crippen LogP contribution in [0, 0.1) is 11.8 Å². The molecule has 5 rings (SSSR count). The molecule has 1 aromatic carbocycles. The standard InChI is InChI=1S/C24H28FN5O2S/c1-15(2)24-21-10-18-12-27-30(19-5-6-22(25)16(3)9-19)23(18)11-17(21)7-8-29(24)33(31,32)20-13-26-28(4)14-20/h5-6,9-16,22,24H,7-8H2,1-4H3. The van der Waals surface area contributed by atoms with E-state index in [0.717, 1.165) is 27.7 Å². The Bertz CT molecular complexity index is 1380. The minimum absolute atomic E-state index is 0.0781. The van der Waals surface area contributed by atoms with Crippen LogP contribution in [0.5, 0.6) is 0 Å². The molecule has 7 nitrogen and oxygen atoms in total. The lowest BCUT2D eigenvalue weighted by molar-refractivity contribution is 0.248. The van der Waals surface area contributed by atoms with Crippen molar-refractivity contribution in [2.75, 3.05) is 6.54 Å². The highest BCUT2D eigenvalue weighted by atomic mass is 32.2. The first-order valence-electron chi connectivity index (χ1n) is 11.2. The molecule has 3 aromatic rings. The second-order valence-electron chi connectivity index (χ2n) is 9.32. The minimum Gasteiger partial charge on any atom is -0.274 e. The Morgan fingerprint density at radius 1 is 1.18 bits per heavy atom. The largest absolute Gasteiger partial charge is 0.274 e. The number of benzene rings is 1. The fourth-order valence-electron chi connectivity index (χ4n) is 4.91. The molecule has 0 bridgehead atoms. The number of hydrogen-bond donors (Lipinski definition) is 0. The average molecular weight is 470 g/mol. The predicted molar refractivity (Wildman–Crippen MR) is 126 cm³/mol. The van der Waals surface area contributed by atoms with E-state index >= 15 is 0 Å². The molecule has 2 aromatic heterocycles.